The minimum Gasteiger partial charge on any atom is -0.365 e. The third-order valence-corrected chi connectivity index (χ3v) is 5.32. The minimum atomic E-state index is -0.546. The van der Waals surface area contributed by atoms with Crippen molar-refractivity contribution in [2.45, 2.75) is 34.1 Å². The van der Waals surface area contributed by atoms with Gasteiger partial charge in [-0.25, -0.2) is 0 Å². The van der Waals surface area contributed by atoms with Gasteiger partial charge in [0.1, 0.15) is 10.7 Å². The normalized spacial score (nSPS) is 11.0. The van der Waals surface area contributed by atoms with E-state index in [9.17, 15) is 9.59 Å². The number of nitrogens with one attached hydrogen (secondary N) is 1. The summed E-state index contributed by atoms with van der Waals surface area (Å²) in [6, 6.07) is 3.92. The number of carbonyl (C=O) groups excluding carboxylic acids is 2. The maximum absolute atomic E-state index is 12.5. The first-order valence-corrected chi connectivity index (χ1v) is 8.64. The number of aromatic nitrogens is 1. The van der Waals surface area contributed by atoms with Crippen molar-refractivity contribution in [3.8, 4) is 0 Å². The van der Waals surface area contributed by atoms with E-state index in [2.05, 4.69) is 10.5 Å². The second kappa shape index (κ2) is 6.33. The molecule has 3 N–H and O–H groups in total. The number of rotatable bonds is 4. The van der Waals surface area contributed by atoms with Crippen LogP contribution in [0, 0.1) is 27.7 Å². The van der Waals surface area contributed by atoms with Crippen LogP contribution in [0.5, 0.6) is 0 Å². The average molecular weight is 357 g/mol. The number of nitrogens with two attached hydrogens (primary N) is 1. The molecule has 130 valence electrons. The van der Waals surface area contributed by atoms with Gasteiger partial charge in [-0.05, 0) is 50.5 Å². The fourth-order valence-electron chi connectivity index (χ4n) is 2.98. The lowest BCUT2D eigenvalue weighted by atomic mass is 10.0. The highest BCUT2D eigenvalue weighted by Crippen LogP contribution is 2.32. The van der Waals surface area contributed by atoms with Gasteiger partial charge in [-0.3, -0.25) is 9.59 Å². The molecule has 0 bridgehead atoms. The molecule has 1 aromatic carbocycles. The molecule has 0 aliphatic rings. The van der Waals surface area contributed by atoms with E-state index in [0.717, 1.165) is 27.0 Å². The Balaban J connectivity index is 1.87. The Labute approximate surface area is 149 Å². The number of nitrogens with zero attached hydrogens (tertiary/aromatic N) is 1. The van der Waals surface area contributed by atoms with Crippen molar-refractivity contribution >= 4 is 39.1 Å². The lowest BCUT2D eigenvalue weighted by molar-refractivity contribution is -0.115. The lowest BCUT2D eigenvalue weighted by Crippen LogP contribution is -2.18. The monoisotopic (exact) mass is 357 g/mol. The second-order valence-electron chi connectivity index (χ2n) is 6.16. The molecule has 6 nitrogen and oxygen atoms in total. The topological polar surface area (TPSA) is 98.2 Å². The van der Waals surface area contributed by atoms with Crippen molar-refractivity contribution in [3.05, 3.63) is 45.0 Å². The maximum atomic E-state index is 12.5. The quantitative estimate of drug-likeness (QED) is 0.747. The summed E-state index contributed by atoms with van der Waals surface area (Å²) in [5.74, 6) is -0.811. The Hall–Kier alpha value is -2.67. The first kappa shape index (κ1) is 17.2. The number of amides is 2. The van der Waals surface area contributed by atoms with Crippen LogP contribution in [0.4, 0.5) is 5.00 Å². The summed E-state index contributed by atoms with van der Waals surface area (Å²) in [6.07, 6.45) is 0.0606. The summed E-state index contributed by atoms with van der Waals surface area (Å²) >= 11 is 1.34. The number of primary amides is 1. The van der Waals surface area contributed by atoms with Crippen molar-refractivity contribution < 1.29 is 14.1 Å². The molecular weight excluding hydrogens is 338 g/mol. The molecular formula is C18H19N3O3S. The molecule has 0 fully saturated rings. The van der Waals surface area contributed by atoms with E-state index in [1.807, 2.05) is 39.8 Å². The van der Waals surface area contributed by atoms with Crippen LogP contribution < -0.4 is 11.1 Å². The van der Waals surface area contributed by atoms with Gasteiger partial charge in [0.2, 0.25) is 5.91 Å². The van der Waals surface area contributed by atoms with Crippen molar-refractivity contribution in [2.24, 2.45) is 5.73 Å². The number of carbonyl (C=O) groups is 2. The third kappa shape index (κ3) is 3.15. The molecule has 2 amide bonds. The van der Waals surface area contributed by atoms with Crippen LogP contribution in [0.3, 0.4) is 0 Å². The van der Waals surface area contributed by atoms with E-state index in [0.29, 0.717) is 21.8 Å². The van der Waals surface area contributed by atoms with E-state index in [4.69, 9.17) is 10.3 Å². The van der Waals surface area contributed by atoms with E-state index in [1.54, 1.807) is 0 Å². The maximum Gasteiger partial charge on any atom is 0.251 e. The lowest BCUT2D eigenvalue weighted by Gasteiger charge is -2.05. The Morgan fingerprint density at radius 3 is 2.64 bits per heavy atom. The number of benzene rings is 1. The number of hydrogen-bond acceptors (Lipinski definition) is 5. The number of anilines is 1. The third-order valence-electron chi connectivity index (χ3n) is 4.20. The van der Waals surface area contributed by atoms with Gasteiger partial charge in [0.25, 0.3) is 5.91 Å². The fourth-order valence-corrected chi connectivity index (χ4v) is 4.06. The summed E-state index contributed by atoms with van der Waals surface area (Å²) in [4.78, 5) is 25.1. The zero-order valence-corrected chi connectivity index (χ0v) is 15.3. The molecule has 2 aromatic heterocycles. The van der Waals surface area contributed by atoms with Crippen LogP contribution >= 0.6 is 11.3 Å². The molecule has 7 heteroatoms. The van der Waals surface area contributed by atoms with Crippen molar-refractivity contribution in [1.82, 2.24) is 5.16 Å². The minimum absolute atomic E-state index is 0.0606. The smallest absolute Gasteiger partial charge is 0.251 e. The zero-order chi connectivity index (χ0) is 18.3. The number of aryl methyl sites for hydroxylation is 3. The molecule has 3 rings (SSSR count). The van der Waals surface area contributed by atoms with E-state index in [1.165, 1.54) is 11.3 Å². The second-order valence-corrected chi connectivity index (χ2v) is 7.39. The highest BCUT2D eigenvalue weighted by molar-refractivity contribution is 7.16. The van der Waals surface area contributed by atoms with Crippen molar-refractivity contribution in [2.75, 3.05) is 5.32 Å². The van der Waals surface area contributed by atoms with Crippen LogP contribution in [-0.4, -0.2) is 17.0 Å². The van der Waals surface area contributed by atoms with Crippen LogP contribution in [-0.2, 0) is 11.2 Å². The number of hydrogen-bond donors (Lipinski definition) is 2. The Bertz CT molecular complexity index is 1000. The average Bonchev–Trinajstić information content (AvgIpc) is 3.00. The van der Waals surface area contributed by atoms with Gasteiger partial charge in [-0.2, -0.15) is 0 Å². The van der Waals surface area contributed by atoms with Gasteiger partial charge in [-0.15, -0.1) is 11.3 Å². The molecule has 0 aliphatic carbocycles. The van der Waals surface area contributed by atoms with Crippen molar-refractivity contribution in [1.29, 1.82) is 0 Å². The van der Waals surface area contributed by atoms with Crippen molar-refractivity contribution in [3.63, 3.8) is 0 Å². The predicted molar refractivity (Wildman–Crippen MR) is 98.1 cm³/mol. The van der Waals surface area contributed by atoms with Gasteiger partial charge in [0.15, 0.2) is 5.58 Å². The van der Waals surface area contributed by atoms with Gasteiger partial charge in [-0.1, -0.05) is 11.2 Å². The van der Waals surface area contributed by atoms with Gasteiger partial charge >= 0.3 is 0 Å². The summed E-state index contributed by atoms with van der Waals surface area (Å²) in [6.45, 7) is 7.65. The Morgan fingerprint density at radius 1 is 1.24 bits per heavy atom. The zero-order valence-electron chi connectivity index (χ0n) is 14.5. The van der Waals surface area contributed by atoms with Gasteiger partial charge < -0.3 is 15.6 Å². The molecule has 0 radical (unpaired) electrons. The highest BCUT2D eigenvalue weighted by Gasteiger charge is 2.20. The Morgan fingerprint density at radius 2 is 1.96 bits per heavy atom. The summed E-state index contributed by atoms with van der Waals surface area (Å²) in [7, 11) is 0. The number of fused-ring (bicyclic) bond motifs is 1. The van der Waals surface area contributed by atoms with Crippen LogP contribution in [0.15, 0.2) is 16.7 Å². The first-order valence-electron chi connectivity index (χ1n) is 7.83. The van der Waals surface area contributed by atoms with Crippen LogP contribution in [0.25, 0.3) is 11.0 Å². The molecule has 0 aliphatic heterocycles. The number of thiophene rings is 1. The molecule has 0 spiro atoms. The van der Waals surface area contributed by atoms with Gasteiger partial charge in [0, 0.05) is 10.3 Å². The highest BCUT2D eigenvalue weighted by atomic mass is 32.1. The van der Waals surface area contributed by atoms with Gasteiger partial charge in [0.05, 0.1) is 12.0 Å². The van der Waals surface area contributed by atoms with Crippen LogP contribution in [0.1, 0.15) is 37.6 Å². The molecule has 0 saturated carbocycles. The molecule has 0 unspecified atom stereocenters. The largest absolute Gasteiger partial charge is 0.365 e. The van der Waals surface area contributed by atoms with E-state index >= 15 is 0 Å². The molecule has 25 heavy (non-hydrogen) atoms. The summed E-state index contributed by atoms with van der Waals surface area (Å²) < 4.78 is 5.35. The molecule has 2 heterocycles. The summed E-state index contributed by atoms with van der Waals surface area (Å²) in [5, 5.41) is 8.15. The van der Waals surface area contributed by atoms with E-state index < -0.39 is 5.91 Å². The standard InChI is InChI=1S/C18H19N3O3S/c1-8-5-9(2)15-12(21-24-13(15)6-8)7-14(22)20-18-16(17(19)23)10(3)11(4)25-18/h5-6H,7H2,1-4H3,(H2,19,23)(H,20,22). The fraction of sp³-hybridized carbons (Fsp3) is 0.278. The SMILES string of the molecule is Cc1cc(C)c2c(CC(=O)Nc3sc(C)c(C)c3C(N)=O)noc2c1. The predicted octanol–water partition coefficient (Wildman–Crippen LogP) is 3.40. The molecule has 0 saturated heterocycles. The first-order chi connectivity index (χ1) is 11.8. The van der Waals surface area contributed by atoms with E-state index in [-0.39, 0.29) is 12.3 Å². The van der Waals surface area contributed by atoms with Crippen LogP contribution in [0.2, 0.25) is 0 Å². The Kier molecular flexibility index (Phi) is 4.34. The summed E-state index contributed by atoms with van der Waals surface area (Å²) in [5.41, 5.74) is 9.94. The molecule has 0 atom stereocenters. The molecule has 3 aromatic rings.